The molecule has 3 aromatic heterocycles. The van der Waals surface area contributed by atoms with Crippen LogP contribution in [0.4, 0.5) is 4.79 Å². The summed E-state index contributed by atoms with van der Waals surface area (Å²) in [5, 5.41) is 3.02. The average molecular weight is 366 g/mol. The van der Waals surface area contributed by atoms with Gasteiger partial charge in [0.2, 0.25) is 0 Å². The minimum absolute atomic E-state index is 0.0267. The van der Waals surface area contributed by atoms with Crippen LogP contribution >= 0.6 is 0 Å². The van der Waals surface area contributed by atoms with Crippen molar-refractivity contribution in [3.63, 3.8) is 0 Å². The molecule has 4 heterocycles. The molecule has 0 atom stereocenters. The molecule has 142 valence electrons. The Kier molecular flexibility index (Phi) is 4.59. The summed E-state index contributed by atoms with van der Waals surface area (Å²) in [4.78, 5) is 23.7. The summed E-state index contributed by atoms with van der Waals surface area (Å²) < 4.78 is 4.19. The van der Waals surface area contributed by atoms with Crippen LogP contribution in [-0.4, -0.2) is 43.0 Å². The van der Waals surface area contributed by atoms with Crippen LogP contribution in [0.1, 0.15) is 42.7 Å². The molecule has 0 aromatic carbocycles. The van der Waals surface area contributed by atoms with Crippen LogP contribution < -0.4 is 5.32 Å². The lowest BCUT2D eigenvalue weighted by Crippen LogP contribution is -2.43. The van der Waals surface area contributed by atoms with Crippen molar-refractivity contribution in [2.24, 2.45) is 7.05 Å². The second-order valence-corrected chi connectivity index (χ2v) is 7.43. The zero-order valence-corrected chi connectivity index (χ0v) is 16.1. The first-order valence-corrected chi connectivity index (χ1v) is 9.52. The third kappa shape index (κ3) is 3.41. The monoisotopic (exact) mass is 366 g/mol. The zero-order valence-electron chi connectivity index (χ0n) is 16.1. The molecule has 4 rings (SSSR count). The number of hydrogen-bond donors (Lipinski definition) is 1. The van der Waals surface area contributed by atoms with E-state index in [0.717, 1.165) is 35.8 Å². The average Bonchev–Trinajstić information content (AvgIpc) is 3.22. The summed E-state index contributed by atoms with van der Waals surface area (Å²) in [5.41, 5.74) is 4.20. The number of hydrogen-bond acceptors (Lipinski definition) is 3. The molecule has 0 saturated heterocycles. The van der Waals surface area contributed by atoms with Crippen molar-refractivity contribution in [3.05, 3.63) is 53.5 Å². The molecule has 0 spiro atoms. The van der Waals surface area contributed by atoms with Crippen LogP contribution in [0.5, 0.6) is 0 Å². The van der Waals surface area contributed by atoms with E-state index in [1.807, 2.05) is 39.9 Å². The van der Waals surface area contributed by atoms with Crippen molar-refractivity contribution in [2.45, 2.75) is 39.2 Å². The maximum absolute atomic E-state index is 12.6. The van der Waals surface area contributed by atoms with E-state index < -0.39 is 0 Å². The first kappa shape index (κ1) is 17.6. The highest BCUT2D eigenvalue weighted by Gasteiger charge is 2.26. The Hall–Kier alpha value is -2.83. The number of imidazole rings is 2. The Labute approximate surface area is 159 Å². The molecule has 0 radical (unpaired) electrons. The predicted octanol–water partition coefficient (Wildman–Crippen LogP) is 2.50. The number of carbonyl (C=O) groups excluding carboxylic acids is 1. The Morgan fingerprint density at radius 2 is 2.15 bits per heavy atom. The molecule has 1 aliphatic rings. The lowest BCUT2D eigenvalue weighted by atomic mass is 10.1. The van der Waals surface area contributed by atoms with Crippen molar-refractivity contribution >= 4 is 11.7 Å². The first-order chi connectivity index (χ1) is 13.0. The molecule has 0 saturated carbocycles. The van der Waals surface area contributed by atoms with E-state index in [1.165, 1.54) is 5.69 Å². The normalized spacial score (nSPS) is 14.0. The van der Waals surface area contributed by atoms with Gasteiger partial charge in [-0.2, -0.15) is 0 Å². The second kappa shape index (κ2) is 7.06. The SMILES string of the molecule is CC(C)c1nc2c(n1C)CCN(C(=O)NCCc1cn3ccccc3n1)C2. The fraction of sp³-hybridized carbons (Fsp3) is 0.450. The molecule has 7 heteroatoms. The molecule has 0 aliphatic carbocycles. The number of rotatable bonds is 4. The number of nitrogens with zero attached hydrogens (tertiary/aromatic N) is 5. The number of aromatic nitrogens is 4. The van der Waals surface area contributed by atoms with Crippen molar-refractivity contribution < 1.29 is 4.79 Å². The quantitative estimate of drug-likeness (QED) is 0.771. The van der Waals surface area contributed by atoms with Gasteiger partial charge in [0.25, 0.3) is 0 Å². The van der Waals surface area contributed by atoms with Crippen LogP contribution in [0.2, 0.25) is 0 Å². The molecule has 2 amide bonds. The van der Waals surface area contributed by atoms with Gasteiger partial charge >= 0.3 is 6.03 Å². The first-order valence-electron chi connectivity index (χ1n) is 9.52. The maximum atomic E-state index is 12.6. The van der Waals surface area contributed by atoms with Gasteiger partial charge in [-0.1, -0.05) is 19.9 Å². The van der Waals surface area contributed by atoms with E-state index in [2.05, 4.69) is 35.8 Å². The summed E-state index contributed by atoms with van der Waals surface area (Å²) in [7, 11) is 2.08. The van der Waals surface area contributed by atoms with E-state index in [1.54, 1.807) is 0 Å². The zero-order chi connectivity index (χ0) is 19.0. The van der Waals surface area contributed by atoms with Crippen LogP contribution in [-0.2, 0) is 26.4 Å². The molecular formula is C20H26N6O. The Morgan fingerprint density at radius 1 is 1.30 bits per heavy atom. The maximum Gasteiger partial charge on any atom is 0.317 e. The van der Waals surface area contributed by atoms with Gasteiger partial charge in [0.1, 0.15) is 11.5 Å². The molecule has 0 unspecified atom stereocenters. The van der Waals surface area contributed by atoms with E-state index in [4.69, 9.17) is 4.98 Å². The van der Waals surface area contributed by atoms with Crippen molar-refractivity contribution in [3.8, 4) is 0 Å². The van der Waals surface area contributed by atoms with E-state index in [9.17, 15) is 4.79 Å². The van der Waals surface area contributed by atoms with Gasteiger partial charge in [0, 0.05) is 57.0 Å². The van der Waals surface area contributed by atoms with Gasteiger partial charge in [0.15, 0.2) is 0 Å². The Morgan fingerprint density at radius 3 is 2.93 bits per heavy atom. The minimum Gasteiger partial charge on any atom is -0.338 e. The standard InChI is InChI=1S/C20H26N6O/c1-14(2)19-23-16-13-26(11-8-17(16)24(19)3)20(27)21-9-7-15-12-25-10-5-4-6-18(25)22-15/h4-6,10,12,14H,7-9,11,13H2,1-3H3,(H,21,27). The summed E-state index contributed by atoms with van der Waals surface area (Å²) in [5.74, 6) is 1.47. The van der Waals surface area contributed by atoms with Gasteiger partial charge in [-0.25, -0.2) is 14.8 Å². The molecule has 7 nitrogen and oxygen atoms in total. The van der Waals surface area contributed by atoms with Crippen LogP contribution in [0.15, 0.2) is 30.6 Å². The van der Waals surface area contributed by atoms with Gasteiger partial charge in [-0.05, 0) is 12.1 Å². The smallest absolute Gasteiger partial charge is 0.317 e. The highest BCUT2D eigenvalue weighted by molar-refractivity contribution is 5.74. The van der Waals surface area contributed by atoms with Crippen molar-refractivity contribution in [1.29, 1.82) is 0 Å². The van der Waals surface area contributed by atoms with Gasteiger partial charge < -0.3 is 19.2 Å². The van der Waals surface area contributed by atoms with Gasteiger partial charge in [-0.15, -0.1) is 0 Å². The van der Waals surface area contributed by atoms with E-state index in [0.29, 0.717) is 25.4 Å². The highest BCUT2D eigenvalue weighted by atomic mass is 16.2. The molecule has 1 aliphatic heterocycles. The van der Waals surface area contributed by atoms with Crippen molar-refractivity contribution in [1.82, 2.24) is 29.2 Å². The highest BCUT2D eigenvalue weighted by Crippen LogP contribution is 2.23. The summed E-state index contributed by atoms with van der Waals surface area (Å²) in [6.45, 7) is 6.18. The largest absolute Gasteiger partial charge is 0.338 e. The number of amides is 2. The molecule has 0 bridgehead atoms. The van der Waals surface area contributed by atoms with E-state index in [-0.39, 0.29) is 6.03 Å². The fourth-order valence-corrected chi connectivity index (χ4v) is 3.76. The third-order valence-corrected chi connectivity index (χ3v) is 5.17. The summed E-state index contributed by atoms with van der Waals surface area (Å²) in [6, 6.07) is 5.90. The molecule has 1 N–H and O–H groups in total. The van der Waals surface area contributed by atoms with Gasteiger partial charge in [0.05, 0.1) is 17.9 Å². The summed E-state index contributed by atoms with van der Waals surface area (Å²) >= 11 is 0. The fourth-order valence-electron chi connectivity index (χ4n) is 3.76. The summed E-state index contributed by atoms with van der Waals surface area (Å²) in [6.07, 6.45) is 5.56. The molecule has 27 heavy (non-hydrogen) atoms. The second-order valence-electron chi connectivity index (χ2n) is 7.43. The van der Waals surface area contributed by atoms with Crippen LogP contribution in [0, 0.1) is 0 Å². The number of pyridine rings is 1. The lowest BCUT2D eigenvalue weighted by molar-refractivity contribution is 0.191. The number of fused-ring (bicyclic) bond motifs is 2. The number of nitrogens with one attached hydrogen (secondary N) is 1. The topological polar surface area (TPSA) is 67.5 Å². The van der Waals surface area contributed by atoms with Crippen molar-refractivity contribution in [2.75, 3.05) is 13.1 Å². The Balaban J connectivity index is 1.34. The Bertz CT molecular complexity index is 937. The van der Waals surface area contributed by atoms with Crippen LogP contribution in [0.25, 0.3) is 5.65 Å². The number of urea groups is 1. The molecule has 0 fully saturated rings. The number of carbonyl (C=O) groups is 1. The van der Waals surface area contributed by atoms with Gasteiger partial charge in [-0.3, -0.25) is 0 Å². The predicted molar refractivity (Wildman–Crippen MR) is 104 cm³/mol. The molecule has 3 aromatic rings. The molecular weight excluding hydrogens is 340 g/mol. The minimum atomic E-state index is -0.0267. The third-order valence-electron chi connectivity index (χ3n) is 5.17. The lowest BCUT2D eigenvalue weighted by Gasteiger charge is -2.27. The van der Waals surface area contributed by atoms with E-state index >= 15 is 0 Å². The van der Waals surface area contributed by atoms with Crippen LogP contribution in [0.3, 0.4) is 0 Å².